The van der Waals surface area contributed by atoms with E-state index in [1.165, 1.54) is 0 Å². The monoisotopic (exact) mass is 425 g/mol. The Morgan fingerprint density at radius 3 is 1.97 bits per heavy atom. The Bertz CT molecular complexity index is 1090. The Hall–Kier alpha value is -2.83. The molecule has 0 saturated heterocycles. The van der Waals surface area contributed by atoms with E-state index in [1.54, 1.807) is 26.4 Å². The van der Waals surface area contributed by atoms with Gasteiger partial charge in [-0.1, -0.05) is 36.4 Å². The van der Waals surface area contributed by atoms with Gasteiger partial charge in [-0.05, 0) is 72.9 Å². The minimum atomic E-state index is -3.72. The molecule has 0 fully saturated rings. The maximum Gasteiger partial charge on any atom is 0.241 e. The van der Waals surface area contributed by atoms with Crippen LogP contribution >= 0.6 is 0 Å². The molecule has 3 aromatic carbocycles. The molecule has 158 valence electrons. The molecule has 0 saturated carbocycles. The number of ether oxygens (including phenoxy) is 2. The van der Waals surface area contributed by atoms with E-state index in [4.69, 9.17) is 9.47 Å². The Labute approximate surface area is 178 Å². The number of nitrogens with one attached hydrogen (secondary N) is 1. The molecule has 0 aliphatic heterocycles. The van der Waals surface area contributed by atoms with Crippen molar-refractivity contribution in [1.82, 2.24) is 4.72 Å². The van der Waals surface area contributed by atoms with Gasteiger partial charge in [-0.2, -0.15) is 0 Å². The number of methoxy groups -OCH3 is 2. The van der Waals surface area contributed by atoms with Crippen LogP contribution in [0.25, 0.3) is 0 Å². The quantitative estimate of drug-likeness (QED) is 0.574. The summed E-state index contributed by atoms with van der Waals surface area (Å²) >= 11 is 0. The molecule has 1 unspecified atom stereocenters. The molecule has 3 rings (SSSR count). The third kappa shape index (κ3) is 5.01. The van der Waals surface area contributed by atoms with Crippen LogP contribution in [0.5, 0.6) is 11.5 Å². The second-order valence-electron chi connectivity index (χ2n) is 7.20. The summed E-state index contributed by atoms with van der Waals surface area (Å²) in [6, 6.07) is 20.0. The lowest BCUT2D eigenvalue weighted by atomic mass is 9.99. The number of hydrogen-bond donors (Lipinski definition) is 1. The van der Waals surface area contributed by atoms with Crippen LogP contribution in [0.1, 0.15) is 28.3 Å². The highest BCUT2D eigenvalue weighted by molar-refractivity contribution is 7.89. The Morgan fingerprint density at radius 2 is 1.40 bits per heavy atom. The smallest absolute Gasteiger partial charge is 0.241 e. The van der Waals surface area contributed by atoms with Crippen LogP contribution in [0.2, 0.25) is 0 Å². The fraction of sp³-hybridized carbons (Fsp3) is 0.250. The lowest BCUT2D eigenvalue weighted by Gasteiger charge is -2.21. The molecule has 0 aliphatic carbocycles. The zero-order chi connectivity index (χ0) is 21.7. The normalized spacial score (nSPS) is 12.4. The summed E-state index contributed by atoms with van der Waals surface area (Å²) in [5.74, 6) is 1.48. The molecule has 6 heteroatoms. The number of benzene rings is 3. The van der Waals surface area contributed by atoms with Crippen molar-refractivity contribution in [2.24, 2.45) is 0 Å². The molecule has 1 N–H and O–H groups in total. The highest BCUT2D eigenvalue weighted by Gasteiger charge is 2.24. The molecule has 0 bridgehead atoms. The molecule has 5 nitrogen and oxygen atoms in total. The van der Waals surface area contributed by atoms with Crippen LogP contribution in [-0.2, 0) is 16.4 Å². The van der Waals surface area contributed by atoms with Crippen molar-refractivity contribution < 1.29 is 17.9 Å². The minimum absolute atomic E-state index is 0.302. The first-order valence-corrected chi connectivity index (χ1v) is 11.2. The summed E-state index contributed by atoms with van der Waals surface area (Å²) in [4.78, 5) is 0.302. The van der Waals surface area contributed by atoms with Gasteiger partial charge in [-0.3, -0.25) is 0 Å². The van der Waals surface area contributed by atoms with E-state index in [0.29, 0.717) is 11.3 Å². The van der Waals surface area contributed by atoms with Crippen LogP contribution in [0.15, 0.2) is 71.6 Å². The van der Waals surface area contributed by atoms with E-state index in [-0.39, 0.29) is 0 Å². The maximum atomic E-state index is 13.2. The lowest BCUT2D eigenvalue weighted by molar-refractivity contribution is 0.414. The molecular weight excluding hydrogens is 398 g/mol. The lowest BCUT2D eigenvalue weighted by Crippen LogP contribution is -2.30. The number of sulfonamides is 1. The highest BCUT2D eigenvalue weighted by Crippen LogP contribution is 2.26. The zero-order valence-corrected chi connectivity index (χ0v) is 18.5. The van der Waals surface area contributed by atoms with Crippen molar-refractivity contribution in [3.63, 3.8) is 0 Å². The van der Waals surface area contributed by atoms with Gasteiger partial charge in [0, 0.05) is 0 Å². The van der Waals surface area contributed by atoms with Crippen LogP contribution in [-0.4, -0.2) is 22.6 Å². The SMILES string of the molecule is COc1ccc(CC(NS(=O)(=O)c2cccc(C)c2C)c2ccc(OC)cc2)cc1. The Morgan fingerprint density at radius 1 is 0.833 bits per heavy atom. The molecule has 0 spiro atoms. The summed E-state index contributed by atoms with van der Waals surface area (Å²) in [7, 11) is -0.493. The van der Waals surface area contributed by atoms with E-state index < -0.39 is 16.1 Å². The first-order chi connectivity index (χ1) is 14.3. The predicted molar refractivity (Wildman–Crippen MR) is 119 cm³/mol. The largest absolute Gasteiger partial charge is 0.497 e. The van der Waals surface area contributed by atoms with Crippen molar-refractivity contribution >= 4 is 10.0 Å². The highest BCUT2D eigenvalue weighted by atomic mass is 32.2. The van der Waals surface area contributed by atoms with Gasteiger partial charge in [0.25, 0.3) is 0 Å². The van der Waals surface area contributed by atoms with E-state index in [2.05, 4.69) is 4.72 Å². The van der Waals surface area contributed by atoms with Gasteiger partial charge in [-0.25, -0.2) is 13.1 Å². The van der Waals surface area contributed by atoms with Crippen molar-refractivity contribution in [2.45, 2.75) is 31.2 Å². The van der Waals surface area contributed by atoms with Crippen molar-refractivity contribution in [3.05, 3.63) is 89.0 Å². The van der Waals surface area contributed by atoms with Gasteiger partial charge in [0.05, 0.1) is 25.2 Å². The fourth-order valence-corrected chi connectivity index (χ4v) is 4.87. The second-order valence-corrected chi connectivity index (χ2v) is 8.88. The van der Waals surface area contributed by atoms with E-state index in [0.717, 1.165) is 33.8 Å². The second kappa shape index (κ2) is 9.32. The molecule has 0 aromatic heterocycles. The molecule has 3 aromatic rings. The average molecular weight is 426 g/mol. The minimum Gasteiger partial charge on any atom is -0.497 e. The Kier molecular flexibility index (Phi) is 6.80. The predicted octanol–water partition coefficient (Wildman–Crippen LogP) is 4.58. The van der Waals surface area contributed by atoms with E-state index in [9.17, 15) is 8.42 Å². The van der Waals surface area contributed by atoms with Crippen LogP contribution in [0, 0.1) is 13.8 Å². The molecule has 1 atom stereocenters. The summed E-state index contributed by atoms with van der Waals surface area (Å²) in [6.07, 6.45) is 0.500. The Balaban J connectivity index is 1.96. The summed E-state index contributed by atoms with van der Waals surface area (Å²) < 4.78 is 39.9. The maximum absolute atomic E-state index is 13.2. The zero-order valence-electron chi connectivity index (χ0n) is 17.7. The van der Waals surface area contributed by atoms with Crippen molar-refractivity contribution in [2.75, 3.05) is 14.2 Å². The third-order valence-electron chi connectivity index (χ3n) is 5.26. The number of rotatable bonds is 8. The van der Waals surface area contributed by atoms with Crippen molar-refractivity contribution in [1.29, 1.82) is 0 Å². The van der Waals surface area contributed by atoms with Crippen LogP contribution < -0.4 is 14.2 Å². The summed E-state index contributed by atoms with van der Waals surface area (Å²) in [6.45, 7) is 3.74. The van der Waals surface area contributed by atoms with Gasteiger partial charge >= 0.3 is 0 Å². The van der Waals surface area contributed by atoms with Gasteiger partial charge < -0.3 is 9.47 Å². The van der Waals surface area contributed by atoms with E-state index in [1.807, 2.05) is 68.4 Å². The fourth-order valence-electron chi connectivity index (χ4n) is 3.33. The first-order valence-electron chi connectivity index (χ1n) is 9.69. The molecular formula is C24H27NO4S. The van der Waals surface area contributed by atoms with Crippen LogP contribution in [0.4, 0.5) is 0 Å². The molecule has 0 radical (unpaired) electrons. The standard InChI is InChI=1S/C24H27NO4S/c1-17-6-5-7-24(18(17)2)30(26,27)25-23(20-10-14-22(29-4)15-11-20)16-19-8-12-21(28-3)13-9-19/h5-15,23,25H,16H2,1-4H3. The van der Waals surface area contributed by atoms with E-state index >= 15 is 0 Å². The van der Waals surface area contributed by atoms with Crippen LogP contribution in [0.3, 0.4) is 0 Å². The van der Waals surface area contributed by atoms with Gasteiger partial charge in [-0.15, -0.1) is 0 Å². The summed E-state index contributed by atoms with van der Waals surface area (Å²) in [5.41, 5.74) is 3.55. The van der Waals surface area contributed by atoms with Gasteiger partial charge in [0.15, 0.2) is 0 Å². The van der Waals surface area contributed by atoms with Crippen molar-refractivity contribution in [3.8, 4) is 11.5 Å². The number of aryl methyl sites for hydroxylation is 1. The molecule has 0 amide bonds. The molecule has 0 heterocycles. The first kappa shape index (κ1) is 21.9. The molecule has 30 heavy (non-hydrogen) atoms. The summed E-state index contributed by atoms with van der Waals surface area (Å²) in [5, 5.41) is 0. The number of hydrogen-bond acceptors (Lipinski definition) is 4. The molecule has 0 aliphatic rings. The third-order valence-corrected chi connectivity index (χ3v) is 6.88. The topological polar surface area (TPSA) is 64.6 Å². The van der Waals surface area contributed by atoms with Gasteiger partial charge in [0.1, 0.15) is 11.5 Å². The van der Waals surface area contributed by atoms with Gasteiger partial charge in [0.2, 0.25) is 10.0 Å². The average Bonchev–Trinajstić information content (AvgIpc) is 2.75.